The fourth-order valence-corrected chi connectivity index (χ4v) is 5.83. The van der Waals surface area contributed by atoms with E-state index in [1.54, 1.807) is 0 Å². The highest BCUT2D eigenvalue weighted by molar-refractivity contribution is 5.75. The molecule has 0 bridgehead atoms. The van der Waals surface area contributed by atoms with Gasteiger partial charge in [0.2, 0.25) is 0 Å². The van der Waals surface area contributed by atoms with Gasteiger partial charge in [0, 0.05) is 0 Å². The van der Waals surface area contributed by atoms with Crippen LogP contribution in [0, 0.1) is 35.5 Å². The van der Waals surface area contributed by atoms with Gasteiger partial charge in [0.1, 0.15) is 0 Å². The lowest BCUT2D eigenvalue weighted by molar-refractivity contribution is -0.155. The van der Waals surface area contributed by atoms with Crippen LogP contribution in [0.3, 0.4) is 0 Å². The number of rotatable bonds is 22. The fourth-order valence-electron chi connectivity index (χ4n) is 5.83. The monoisotopic (exact) mass is 536 g/mol. The van der Waals surface area contributed by atoms with Crippen molar-refractivity contribution in [3.63, 3.8) is 0 Å². The van der Waals surface area contributed by atoms with Gasteiger partial charge in [0.25, 0.3) is 0 Å². The summed E-state index contributed by atoms with van der Waals surface area (Å²) in [6.45, 7) is 14.9. The molecule has 0 aromatic rings. The van der Waals surface area contributed by atoms with Crippen LogP contribution in [0.15, 0.2) is 0 Å². The third-order valence-electron chi connectivity index (χ3n) is 8.99. The Kier molecular flexibility index (Phi) is 20.0. The number of unbranched alkanes of at least 4 members (excludes halogenated alkanes) is 2. The van der Waals surface area contributed by atoms with Gasteiger partial charge < -0.3 is 9.47 Å². The van der Waals surface area contributed by atoms with Crippen LogP contribution in [0.2, 0.25) is 0 Å². The van der Waals surface area contributed by atoms with Gasteiger partial charge in [-0.2, -0.15) is 0 Å². The van der Waals surface area contributed by atoms with Crippen LogP contribution in [-0.2, 0) is 19.1 Å². The van der Waals surface area contributed by atoms with Crippen LogP contribution in [-0.4, -0.2) is 25.2 Å². The first kappa shape index (κ1) is 35.0. The molecule has 1 fully saturated rings. The predicted molar refractivity (Wildman–Crippen MR) is 160 cm³/mol. The summed E-state index contributed by atoms with van der Waals surface area (Å²) >= 11 is 0. The molecule has 0 saturated heterocycles. The van der Waals surface area contributed by atoms with E-state index in [-0.39, 0.29) is 23.8 Å². The van der Waals surface area contributed by atoms with Crippen molar-refractivity contribution in [2.75, 3.05) is 13.2 Å². The molecule has 4 atom stereocenters. The number of ether oxygens (including phenoxy) is 2. The van der Waals surface area contributed by atoms with Gasteiger partial charge in [0.05, 0.1) is 25.0 Å². The van der Waals surface area contributed by atoms with Gasteiger partial charge >= 0.3 is 11.9 Å². The van der Waals surface area contributed by atoms with Crippen molar-refractivity contribution in [1.29, 1.82) is 0 Å². The maximum atomic E-state index is 12.5. The molecular weight excluding hydrogens is 472 g/mol. The summed E-state index contributed by atoms with van der Waals surface area (Å²) in [5.41, 5.74) is 0. The Morgan fingerprint density at radius 2 is 0.816 bits per heavy atom. The molecule has 1 aliphatic carbocycles. The second-order valence-electron chi connectivity index (χ2n) is 13.0. The Hall–Kier alpha value is -1.06. The van der Waals surface area contributed by atoms with Gasteiger partial charge in [-0.1, -0.05) is 119 Å². The smallest absolute Gasteiger partial charge is 0.308 e. The molecule has 4 nitrogen and oxygen atoms in total. The van der Waals surface area contributed by atoms with Crippen LogP contribution in [0.5, 0.6) is 0 Å². The third kappa shape index (κ3) is 16.8. The van der Waals surface area contributed by atoms with Crippen molar-refractivity contribution in [2.45, 2.75) is 157 Å². The summed E-state index contributed by atoms with van der Waals surface area (Å²) < 4.78 is 11.3. The first-order chi connectivity index (χ1) is 18.3. The number of esters is 2. The number of carbonyl (C=O) groups is 2. The fraction of sp³-hybridized carbons (Fsp3) is 0.941. The summed E-state index contributed by atoms with van der Waals surface area (Å²) in [7, 11) is 0. The van der Waals surface area contributed by atoms with E-state index >= 15 is 0 Å². The van der Waals surface area contributed by atoms with E-state index in [9.17, 15) is 9.59 Å². The lowest BCUT2D eigenvalue weighted by atomic mass is 9.82. The van der Waals surface area contributed by atoms with E-state index in [4.69, 9.17) is 9.47 Å². The predicted octanol–water partition coefficient (Wildman–Crippen LogP) is 9.92. The van der Waals surface area contributed by atoms with E-state index < -0.39 is 0 Å². The molecule has 0 aliphatic heterocycles. The minimum Gasteiger partial charge on any atom is -0.465 e. The standard InChI is InChI=1S/C34H64O4/c1-7-9-13-27(3)15-11-17-29(5)23-25-37-33(35)31-19-21-32(22-20-31)34(36)38-26-24-30(6)18-12-16-28(4)14-10-8-2/h27-32H,7-26H2,1-6H3. The van der Waals surface area contributed by atoms with E-state index in [1.807, 2.05) is 0 Å². The molecule has 1 saturated carbocycles. The summed E-state index contributed by atoms with van der Waals surface area (Å²) in [5, 5.41) is 0. The SMILES string of the molecule is CCCCC(C)CCCC(C)CCOC(=O)C1CCC(C(=O)OCCC(C)CCCC(C)CCCC)CC1. The average Bonchev–Trinajstić information content (AvgIpc) is 2.90. The van der Waals surface area contributed by atoms with Gasteiger partial charge in [-0.05, 0) is 62.2 Å². The molecule has 0 aromatic heterocycles. The van der Waals surface area contributed by atoms with Gasteiger partial charge in [0.15, 0.2) is 0 Å². The molecule has 0 N–H and O–H groups in total. The maximum absolute atomic E-state index is 12.5. The zero-order chi connectivity index (χ0) is 28.2. The Balaban J connectivity index is 2.10. The van der Waals surface area contributed by atoms with Gasteiger partial charge in [-0.3, -0.25) is 9.59 Å². The van der Waals surface area contributed by atoms with Crippen LogP contribution in [0.1, 0.15) is 157 Å². The Bertz CT molecular complexity index is 543. The highest BCUT2D eigenvalue weighted by atomic mass is 16.5. The van der Waals surface area contributed by atoms with E-state index in [1.165, 1.54) is 77.0 Å². The normalized spacial score (nSPS) is 20.9. The molecule has 38 heavy (non-hydrogen) atoms. The van der Waals surface area contributed by atoms with E-state index in [2.05, 4.69) is 41.5 Å². The van der Waals surface area contributed by atoms with Crippen LogP contribution >= 0.6 is 0 Å². The summed E-state index contributed by atoms with van der Waals surface area (Å²) in [5.74, 6) is 2.64. The molecule has 0 heterocycles. The van der Waals surface area contributed by atoms with Gasteiger partial charge in [-0.15, -0.1) is 0 Å². The molecule has 0 amide bonds. The van der Waals surface area contributed by atoms with E-state index in [0.717, 1.165) is 50.4 Å². The van der Waals surface area contributed by atoms with E-state index in [0.29, 0.717) is 25.0 Å². The van der Waals surface area contributed by atoms with Crippen molar-refractivity contribution in [1.82, 2.24) is 0 Å². The average molecular weight is 537 g/mol. The topological polar surface area (TPSA) is 52.6 Å². The van der Waals surface area contributed by atoms with Crippen molar-refractivity contribution in [3.8, 4) is 0 Å². The molecule has 1 aliphatic rings. The number of hydrogen-bond donors (Lipinski definition) is 0. The van der Waals surface area contributed by atoms with Crippen molar-refractivity contribution < 1.29 is 19.1 Å². The molecule has 224 valence electrons. The number of carbonyl (C=O) groups excluding carboxylic acids is 2. The van der Waals surface area contributed by atoms with Crippen LogP contribution in [0.25, 0.3) is 0 Å². The first-order valence-electron chi connectivity index (χ1n) is 16.6. The Morgan fingerprint density at radius 3 is 1.13 bits per heavy atom. The second kappa shape index (κ2) is 21.7. The lowest BCUT2D eigenvalue weighted by Gasteiger charge is -2.26. The highest BCUT2D eigenvalue weighted by Gasteiger charge is 2.31. The third-order valence-corrected chi connectivity index (χ3v) is 8.99. The lowest BCUT2D eigenvalue weighted by Crippen LogP contribution is -2.28. The van der Waals surface area contributed by atoms with Crippen LogP contribution < -0.4 is 0 Å². The second-order valence-corrected chi connectivity index (χ2v) is 13.0. The Morgan fingerprint density at radius 1 is 0.526 bits per heavy atom. The molecule has 1 rings (SSSR count). The minimum atomic E-state index is -0.0601. The Labute approximate surface area is 236 Å². The molecule has 0 spiro atoms. The molecule has 4 heteroatoms. The quantitative estimate of drug-likeness (QED) is 0.129. The largest absolute Gasteiger partial charge is 0.465 e. The zero-order valence-corrected chi connectivity index (χ0v) is 26.2. The summed E-state index contributed by atoms with van der Waals surface area (Å²) in [6, 6.07) is 0. The summed E-state index contributed by atoms with van der Waals surface area (Å²) in [6.07, 6.45) is 20.5. The first-order valence-corrected chi connectivity index (χ1v) is 16.6. The van der Waals surface area contributed by atoms with Crippen molar-refractivity contribution in [2.24, 2.45) is 35.5 Å². The highest BCUT2D eigenvalue weighted by Crippen LogP contribution is 2.31. The molecule has 0 radical (unpaired) electrons. The molecule has 0 aromatic carbocycles. The summed E-state index contributed by atoms with van der Waals surface area (Å²) in [4.78, 5) is 25.1. The molecule has 4 unspecified atom stereocenters. The van der Waals surface area contributed by atoms with Gasteiger partial charge in [-0.25, -0.2) is 0 Å². The minimum absolute atomic E-state index is 0.0477. The molecular formula is C34H64O4. The van der Waals surface area contributed by atoms with Crippen molar-refractivity contribution in [3.05, 3.63) is 0 Å². The van der Waals surface area contributed by atoms with Crippen LogP contribution in [0.4, 0.5) is 0 Å². The van der Waals surface area contributed by atoms with Crippen molar-refractivity contribution >= 4 is 11.9 Å². The number of hydrogen-bond acceptors (Lipinski definition) is 4. The maximum Gasteiger partial charge on any atom is 0.308 e. The zero-order valence-electron chi connectivity index (χ0n) is 26.2.